The third kappa shape index (κ3) is 2.41. The van der Waals surface area contributed by atoms with Gasteiger partial charge in [-0.15, -0.1) is 0 Å². The number of aromatic nitrogens is 4. The Hall–Kier alpha value is -2.83. The summed E-state index contributed by atoms with van der Waals surface area (Å²) in [5, 5.41) is 7.54. The van der Waals surface area contributed by atoms with E-state index in [1.807, 2.05) is 38.1 Å². The van der Waals surface area contributed by atoms with Crippen LogP contribution >= 0.6 is 0 Å². The van der Waals surface area contributed by atoms with Gasteiger partial charge in [-0.05, 0) is 35.9 Å². The Balaban J connectivity index is 1.92. The molecule has 3 rings (SSSR count). The monoisotopic (exact) mass is 300 g/mol. The van der Waals surface area contributed by atoms with Gasteiger partial charge in [0.15, 0.2) is 0 Å². The molecule has 0 atom stereocenters. The summed E-state index contributed by atoms with van der Waals surface area (Å²) in [5.74, 6) is 1.47. The van der Waals surface area contributed by atoms with Crippen molar-refractivity contribution >= 4 is 0 Å². The van der Waals surface area contributed by atoms with Crippen LogP contribution in [0.2, 0.25) is 0 Å². The molecule has 0 radical (unpaired) electrons. The van der Waals surface area contributed by atoms with Crippen LogP contribution in [0, 0.1) is 13.8 Å². The molecule has 7 heteroatoms. The number of rotatable bonds is 4. The minimum Gasteiger partial charge on any atom is -0.488 e. The van der Waals surface area contributed by atoms with E-state index >= 15 is 0 Å². The molecule has 7 nitrogen and oxygen atoms in total. The molecule has 0 aliphatic carbocycles. The second-order valence-electron chi connectivity index (χ2n) is 5.01. The molecule has 114 valence electrons. The standard InChI is InChI=1S/C15H16N4O3/c1-10-6-4-5-7-14(10)22-8-12-11(2)21-9-13(12)19-15(20)18(3)16-17-19/h4-7,9H,8H2,1-3H3. The van der Waals surface area contributed by atoms with E-state index in [2.05, 4.69) is 10.4 Å². The zero-order valence-corrected chi connectivity index (χ0v) is 12.6. The van der Waals surface area contributed by atoms with Crippen LogP contribution in [0.15, 0.2) is 39.7 Å². The van der Waals surface area contributed by atoms with Crippen LogP contribution in [0.4, 0.5) is 0 Å². The highest BCUT2D eigenvalue weighted by Gasteiger charge is 2.17. The van der Waals surface area contributed by atoms with Gasteiger partial charge in [0, 0.05) is 7.05 Å². The number of aryl methyl sites for hydroxylation is 3. The lowest BCUT2D eigenvalue weighted by Gasteiger charge is -2.09. The molecule has 22 heavy (non-hydrogen) atoms. The zero-order valence-electron chi connectivity index (χ0n) is 12.6. The van der Waals surface area contributed by atoms with Crippen molar-refractivity contribution in [3.8, 4) is 11.4 Å². The molecule has 0 aliphatic rings. The molecule has 0 saturated carbocycles. The topological polar surface area (TPSA) is 75.1 Å². The molecule has 0 unspecified atom stereocenters. The van der Waals surface area contributed by atoms with Gasteiger partial charge >= 0.3 is 5.69 Å². The average molecular weight is 300 g/mol. The van der Waals surface area contributed by atoms with E-state index in [0.29, 0.717) is 11.4 Å². The van der Waals surface area contributed by atoms with E-state index in [4.69, 9.17) is 9.15 Å². The van der Waals surface area contributed by atoms with E-state index in [0.717, 1.165) is 21.6 Å². The summed E-state index contributed by atoms with van der Waals surface area (Å²) in [7, 11) is 1.54. The summed E-state index contributed by atoms with van der Waals surface area (Å²) in [6.07, 6.45) is 1.49. The summed E-state index contributed by atoms with van der Waals surface area (Å²) < 4.78 is 13.6. The lowest BCUT2D eigenvalue weighted by molar-refractivity contribution is 0.300. The second-order valence-corrected chi connectivity index (χ2v) is 5.01. The normalized spacial score (nSPS) is 10.9. The lowest BCUT2D eigenvalue weighted by Crippen LogP contribution is -2.22. The van der Waals surface area contributed by atoms with E-state index in [-0.39, 0.29) is 12.3 Å². The van der Waals surface area contributed by atoms with Crippen LogP contribution in [0.1, 0.15) is 16.9 Å². The van der Waals surface area contributed by atoms with Crippen LogP contribution in [0.25, 0.3) is 5.69 Å². The van der Waals surface area contributed by atoms with Gasteiger partial charge in [-0.3, -0.25) is 0 Å². The van der Waals surface area contributed by atoms with Gasteiger partial charge in [0.1, 0.15) is 30.1 Å². The number of hydrogen-bond donors (Lipinski definition) is 0. The van der Waals surface area contributed by atoms with Crippen LogP contribution in [-0.4, -0.2) is 19.8 Å². The fourth-order valence-electron chi connectivity index (χ4n) is 2.15. The lowest BCUT2D eigenvalue weighted by atomic mass is 10.2. The van der Waals surface area contributed by atoms with Crippen molar-refractivity contribution < 1.29 is 9.15 Å². The second kappa shape index (κ2) is 5.51. The minimum atomic E-state index is -0.335. The summed E-state index contributed by atoms with van der Waals surface area (Å²) in [6.45, 7) is 4.08. The number of ether oxygens (including phenoxy) is 1. The predicted molar refractivity (Wildman–Crippen MR) is 79.1 cm³/mol. The number of furan rings is 1. The summed E-state index contributed by atoms with van der Waals surface area (Å²) in [5.41, 5.74) is 2.02. The smallest absolute Gasteiger partial charge is 0.368 e. The molecule has 0 saturated heterocycles. The molecular formula is C15H16N4O3. The quantitative estimate of drug-likeness (QED) is 0.734. The highest BCUT2D eigenvalue weighted by molar-refractivity contribution is 5.40. The number of para-hydroxylation sites is 1. The number of nitrogens with zero attached hydrogens (tertiary/aromatic N) is 4. The Kier molecular flexibility index (Phi) is 3.54. The first-order valence-corrected chi connectivity index (χ1v) is 6.82. The van der Waals surface area contributed by atoms with Gasteiger partial charge in [0.2, 0.25) is 0 Å². The first-order valence-electron chi connectivity index (χ1n) is 6.82. The van der Waals surface area contributed by atoms with Gasteiger partial charge in [0.05, 0.1) is 5.56 Å². The zero-order chi connectivity index (χ0) is 15.7. The molecule has 3 aromatic rings. The average Bonchev–Trinajstić information content (AvgIpc) is 3.02. The summed E-state index contributed by atoms with van der Waals surface area (Å²) in [4.78, 5) is 12.0. The third-order valence-corrected chi connectivity index (χ3v) is 3.50. The van der Waals surface area contributed by atoms with Crippen molar-refractivity contribution in [2.75, 3.05) is 0 Å². The maximum Gasteiger partial charge on any atom is 0.368 e. The Morgan fingerprint density at radius 1 is 1.23 bits per heavy atom. The van der Waals surface area contributed by atoms with Gasteiger partial charge in [-0.1, -0.05) is 18.2 Å². The first kappa shape index (κ1) is 14.1. The molecule has 0 N–H and O–H groups in total. The highest BCUT2D eigenvalue weighted by Crippen LogP contribution is 2.23. The Morgan fingerprint density at radius 3 is 2.68 bits per heavy atom. The maximum absolute atomic E-state index is 12.0. The largest absolute Gasteiger partial charge is 0.488 e. The van der Waals surface area contributed by atoms with Crippen molar-refractivity contribution in [3.05, 3.63) is 57.9 Å². The number of benzene rings is 1. The highest BCUT2D eigenvalue weighted by atomic mass is 16.5. The van der Waals surface area contributed by atoms with Crippen molar-refractivity contribution in [1.29, 1.82) is 0 Å². The van der Waals surface area contributed by atoms with E-state index in [1.54, 1.807) is 7.05 Å². The van der Waals surface area contributed by atoms with Crippen LogP contribution in [-0.2, 0) is 13.7 Å². The van der Waals surface area contributed by atoms with Gasteiger partial charge < -0.3 is 9.15 Å². The summed E-state index contributed by atoms with van der Waals surface area (Å²) >= 11 is 0. The molecule has 1 aromatic carbocycles. The number of tetrazole rings is 1. The molecule has 2 aromatic heterocycles. The molecule has 0 spiro atoms. The number of hydrogen-bond acceptors (Lipinski definition) is 5. The van der Waals surface area contributed by atoms with Gasteiger partial charge in [-0.2, -0.15) is 9.36 Å². The third-order valence-electron chi connectivity index (χ3n) is 3.50. The van der Waals surface area contributed by atoms with Crippen molar-refractivity contribution in [3.63, 3.8) is 0 Å². The first-order chi connectivity index (χ1) is 10.6. The van der Waals surface area contributed by atoms with Gasteiger partial charge in [0.25, 0.3) is 0 Å². The minimum absolute atomic E-state index is 0.283. The molecule has 0 amide bonds. The molecular weight excluding hydrogens is 284 g/mol. The predicted octanol–water partition coefficient (Wildman–Crippen LogP) is 1.75. The molecule has 0 bridgehead atoms. The SMILES string of the molecule is Cc1ccccc1OCc1c(-n2nnn(C)c2=O)coc1C. The Bertz CT molecular complexity index is 860. The van der Waals surface area contributed by atoms with E-state index in [1.165, 1.54) is 10.9 Å². The molecule has 0 aliphatic heterocycles. The Labute approximate surface area is 126 Å². The molecule has 2 heterocycles. The van der Waals surface area contributed by atoms with Crippen molar-refractivity contribution in [2.24, 2.45) is 7.05 Å². The maximum atomic E-state index is 12.0. The van der Waals surface area contributed by atoms with Crippen LogP contribution in [0.3, 0.4) is 0 Å². The fraction of sp³-hybridized carbons (Fsp3) is 0.267. The van der Waals surface area contributed by atoms with Crippen LogP contribution < -0.4 is 10.4 Å². The van der Waals surface area contributed by atoms with Gasteiger partial charge in [-0.25, -0.2) is 4.79 Å². The van der Waals surface area contributed by atoms with E-state index < -0.39 is 0 Å². The van der Waals surface area contributed by atoms with Crippen molar-refractivity contribution in [2.45, 2.75) is 20.5 Å². The van der Waals surface area contributed by atoms with Crippen molar-refractivity contribution in [1.82, 2.24) is 19.8 Å². The Morgan fingerprint density at radius 2 is 2.00 bits per heavy atom. The van der Waals surface area contributed by atoms with E-state index in [9.17, 15) is 4.79 Å². The summed E-state index contributed by atoms with van der Waals surface area (Å²) in [6, 6.07) is 7.75. The molecule has 0 fully saturated rings. The van der Waals surface area contributed by atoms with Crippen LogP contribution in [0.5, 0.6) is 5.75 Å². The fourth-order valence-corrected chi connectivity index (χ4v) is 2.15.